The van der Waals surface area contributed by atoms with E-state index in [1.165, 1.54) is 9.80 Å². The highest BCUT2D eigenvalue weighted by molar-refractivity contribution is 5.97. The summed E-state index contributed by atoms with van der Waals surface area (Å²) < 4.78 is 38.6. The van der Waals surface area contributed by atoms with E-state index in [0.717, 1.165) is 30.7 Å². The minimum Gasteiger partial charge on any atom is -0.336 e. The van der Waals surface area contributed by atoms with E-state index < -0.39 is 29.4 Å². The van der Waals surface area contributed by atoms with Gasteiger partial charge in [-0.15, -0.1) is 0 Å². The molecular weight excluding hydrogens is 411 g/mol. The van der Waals surface area contributed by atoms with Crippen LogP contribution in [0.15, 0.2) is 24.3 Å². The Morgan fingerprint density at radius 1 is 1.19 bits per heavy atom. The lowest BCUT2D eigenvalue weighted by atomic mass is 9.92. The molecule has 0 bridgehead atoms. The molecular formula is C22H28F3N3O3. The van der Waals surface area contributed by atoms with Crippen LogP contribution in [0.5, 0.6) is 0 Å². The first kappa shape index (κ1) is 23.1. The van der Waals surface area contributed by atoms with Crippen molar-refractivity contribution in [3.8, 4) is 0 Å². The van der Waals surface area contributed by atoms with Crippen molar-refractivity contribution in [2.75, 3.05) is 19.6 Å². The number of halogens is 3. The summed E-state index contributed by atoms with van der Waals surface area (Å²) in [6, 6.07) is 4.07. The molecule has 1 aromatic rings. The number of carbonyl (C=O) groups excluding carboxylic acids is 3. The van der Waals surface area contributed by atoms with Gasteiger partial charge in [-0.1, -0.05) is 20.3 Å². The molecule has 3 rings (SSSR count). The number of carbonyl (C=O) groups is 3. The van der Waals surface area contributed by atoms with Crippen LogP contribution in [0.25, 0.3) is 0 Å². The van der Waals surface area contributed by atoms with Crippen LogP contribution in [0.4, 0.5) is 13.2 Å². The summed E-state index contributed by atoms with van der Waals surface area (Å²) >= 11 is 0. The Labute approximate surface area is 180 Å². The SMILES string of the molecule is CCC(C)CN1CC2N(C(=O)c3ccc(C(F)(F)F)cc3)CCC(=O)N2C(C)(C)C1=O. The molecule has 2 aliphatic heterocycles. The third-order valence-electron chi connectivity index (χ3n) is 6.24. The highest BCUT2D eigenvalue weighted by atomic mass is 19.4. The Morgan fingerprint density at radius 2 is 1.81 bits per heavy atom. The van der Waals surface area contributed by atoms with Gasteiger partial charge in [0.1, 0.15) is 11.7 Å². The average Bonchev–Trinajstić information content (AvgIpc) is 2.70. The number of alkyl halides is 3. The quantitative estimate of drug-likeness (QED) is 0.723. The van der Waals surface area contributed by atoms with Gasteiger partial charge in [0.2, 0.25) is 11.8 Å². The highest BCUT2D eigenvalue weighted by Crippen LogP contribution is 2.34. The molecule has 0 radical (unpaired) electrons. The normalized spacial score (nSPS) is 22.4. The Bertz CT molecular complexity index is 867. The molecule has 0 spiro atoms. The summed E-state index contributed by atoms with van der Waals surface area (Å²) in [5.41, 5.74) is -1.83. The predicted molar refractivity (Wildman–Crippen MR) is 108 cm³/mol. The molecule has 2 saturated heterocycles. The summed E-state index contributed by atoms with van der Waals surface area (Å²) in [6.45, 7) is 8.26. The van der Waals surface area contributed by atoms with Crippen molar-refractivity contribution in [3.63, 3.8) is 0 Å². The molecule has 170 valence electrons. The maximum Gasteiger partial charge on any atom is 0.416 e. The van der Waals surface area contributed by atoms with Crippen molar-refractivity contribution < 1.29 is 27.6 Å². The predicted octanol–water partition coefficient (Wildman–Crippen LogP) is 3.37. The van der Waals surface area contributed by atoms with Gasteiger partial charge < -0.3 is 14.7 Å². The van der Waals surface area contributed by atoms with Crippen LogP contribution in [-0.2, 0) is 15.8 Å². The lowest BCUT2D eigenvalue weighted by Crippen LogP contribution is -2.75. The first-order valence-electron chi connectivity index (χ1n) is 10.5. The van der Waals surface area contributed by atoms with Crippen LogP contribution in [0.1, 0.15) is 56.5 Å². The molecule has 1 aromatic carbocycles. The molecule has 2 atom stereocenters. The minimum absolute atomic E-state index is 0.0605. The van der Waals surface area contributed by atoms with Gasteiger partial charge in [-0.25, -0.2) is 0 Å². The van der Waals surface area contributed by atoms with Crippen molar-refractivity contribution in [1.82, 2.24) is 14.7 Å². The molecule has 0 aromatic heterocycles. The molecule has 3 amide bonds. The molecule has 2 unspecified atom stereocenters. The molecule has 0 saturated carbocycles. The van der Waals surface area contributed by atoms with E-state index in [1.807, 2.05) is 13.8 Å². The van der Waals surface area contributed by atoms with Gasteiger partial charge in [0, 0.05) is 25.1 Å². The monoisotopic (exact) mass is 439 g/mol. The molecule has 31 heavy (non-hydrogen) atoms. The fraction of sp³-hybridized carbons (Fsp3) is 0.591. The molecule has 2 heterocycles. The molecule has 2 aliphatic rings. The second-order valence-corrected chi connectivity index (χ2v) is 8.85. The first-order chi connectivity index (χ1) is 14.4. The van der Waals surface area contributed by atoms with E-state index in [4.69, 9.17) is 0 Å². The minimum atomic E-state index is -4.49. The molecule has 0 N–H and O–H groups in total. The summed E-state index contributed by atoms with van der Waals surface area (Å²) in [5, 5.41) is 0. The number of rotatable bonds is 4. The number of hydrogen-bond donors (Lipinski definition) is 0. The van der Waals surface area contributed by atoms with Crippen molar-refractivity contribution in [1.29, 1.82) is 0 Å². The lowest BCUT2D eigenvalue weighted by Gasteiger charge is -2.56. The van der Waals surface area contributed by atoms with Crippen LogP contribution >= 0.6 is 0 Å². The van der Waals surface area contributed by atoms with Gasteiger partial charge in [-0.3, -0.25) is 14.4 Å². The van der Waals surface area contributed by atoms with Gasteiger partial charge in [-0.2, -0.15) is 13.2 Å². The van der Waals surface area contributed by atoms with E-state index in [-0.39, 0.29) is 42.8 Å². The van der Waals surface area contributed by atoms with Crippen LogP contribution in [0.2, 0.25) is 0 Å². The summed E-state index contributed by atoms with van der Waals surface area (Å²) in [4.78, 5) is 43.7. The highest BCUT2D eigenvalue weighted by Gasteiger charge is 2.53. The zero-order valence-corrected chi connectivity index (χ0v) is 18.2. The van der Waals surface area contributed by atoms with E-state index >= 15 is 0 Å². The standard InChI is InChI=1S/C22H28F3N3O3/c1-5-14(2)12-26-13-17-27(11-10-18(29)28(17)21(3,4)20(26)31)19(30)15-6-8-16(9-7-15)22(23,24)25/h6-9,14,17H,5,10-13H2,1-4H3. The number of fused-ring (bicyclic) bond motifs is 1. The fourth-order valence-corrected chi connectivity index (χ4v) is 4.29. The number of amides is 3. The van der Waals surface area contributed by atoms with Crippen LogP contribution in [0.3, 0.4) is 0 Å². The van der Waals surface area contributed by atoms with Gasteiger partial charge in [0.25, 0.3) is 5.91 Å². The Balaban J connectivity index is 1.92. The number of nitrogens with zero attached hydrogens (tertiary/aromatic N) is 3. The third-order valence-corrected chi connectivity index (χ3v) is 6.24. The van der Waals surface area contributed by atoms with Crippen molar-refractivity contribution >= 4 is 17.7 Å². The van der Waals surface area contributed by atoms with E-state index in [9.17, 15) is 27.6 Å². The van der Waals surface area contributed by atoms with Gasteiger partial charge >= 0.3 is 6.18 Å². The Hall–Kier alpha value is -2.58. The number of hydrogen-bond acceptors (Lipinski definition) is 3. The van der Waals surface area contributed by atoms with Crippen molar-refractivity contribution in [2.45, 2.75) is 58.4 Å². The first-order valence-corrected chi connectivity index (χ1v) is 10.5. The van der Waals surface area contributed by atoms with Gasteiger partial charge in [0.05, 0.1) is 12.1 Å². The van der Waals surface area contributed by atoms with Crippen molar-refractivity contribution in [3.05, 3.63) is 35.4 Å². The average molecular weight is 439 g/mol. The van der Waals surface area contributed by atoms with E-state index in [2.05, 4.69) is 0 Å². The Morgan fingerprint density at radius 3 is 2.35 bits per heavy atom. The summed E-state index contributed by atoms with van der Waals surface area (Å²) in [5.74, 6) is -0.571. The van der Waals surface area contributed by atoms with Crippen molar-refractivity contribution in [2.24, 2.45) is 5.92 Å². The zero-order chi connectivity index (χ0) is 23.1. The number of benzene rings is 1. The Kier molecular flexibility index (Phi) is 6.08. The summed E-state index contributed by atoms with van der Waals surface area (Å²) in [7, 11) is 0. The maximum absolute atomic E-state index is 13.2. The van der Waals surface area contributed by atoms with E-state index in [1.54, 1.807) is 18.7 Å². The third kappa shape index (κ3) is 4.27. The lowest BCUT2D eigenvalue weighted by molar-refractivity contribution is -0.176. The van der Waals surface area contributed by atoms with Crippen LogP contribution in [0, 0.1) is 5.92 Å². The number of piperazine rings is 1. The summed E-state index contributed by atoms with van der Waals surface area (Å²) in [6.07, 6.45) is -4.20. The van der Waals surface area contributed by atoms with Gasteiger partial charge in [0.15, 0.2) is 0 Å². The largest absolute Gasteiger partial charge is 0.416 e. The molecule has 2 fully saturated rings. The molecule has 0 aliphatic carbocycles. The smallest absolute Gasteiger partial charge is 0.336 e. The van der Waals surface area contributed by atoms with E-state index in [0.29, 0.717) is 6.54 Å². The van der Waals surface area contributed by atoms with Crippen LogP contribution in [-0.4, -0.2) is 63.8 Å². The maximum atomic E-state index is 13.2. The molecule has 9 heteroatoms. The van der Waals surface area contributed by atoms with Crippen LogP contribution < -0.4 is 0 Å². The molecule has 6 nitrogen and oxygen atoms in total. The van der Waals surface area contributed by atoms with Gasteiger partial charge in [-0.05, 0) is 44.0 Å². The second kappa shape index (κ2) is 8.16. The fourth-order valence-electron chi connectivity index (χ4n) is 4.29. The topological polar surface area (TPSA) is 60.9 Å². The zero-order valence-electron chi connectivity index (χ0n) is 18.2. The second-order valence-electron chi connectivity index (χ2n) is 8.85.